The molecular formula is C10H7BrClN3O2. The van der Waals surface area contributed by atoms with Crippen LogP contribution in [0.1, 0.15) is 0 Å². The summed E-state index contributed by atoms with van der Waals surface area (Å²) in [7, 11) is 0. The zero-order valence-electron chi connectivity index (χ0n) is 8.46. The first-order valence-electron chi connectivity index (χ1n) is 4.45. The van der Waals surface area contributed by atoms with Crippen molar-refractivity contribution >= 4 is 45.0 Å². The van der Waals surface area contributed by atoms with Crippen molar-refractivity contribution in [2.24, 2.45) is 0 Å². The van der Waals surface area contributed by atoms with E-state index in [0.29, 0.717) is 15.2 Å². The van der Waals surface area contributed by atoms with Crippen LogP contribution in [0.2, 0.25) is 5.02 Å². The molecule has 0 saturated heterocycles. The lowest BCUT2D eigenvalue weighted by molar-refractivity contribution is -0.136. The Labute approximate surface area is 111 Å². The number of benzene rings is 1. The van der Waals surface area contributed by atoms with Crippen LogP contribution in [-0.2, 0) is 9.59 Å². The third kappa shape index (κ3) is 4.06. The third-order valence-corrected chi connectivity index (χ3v) is 2.64. The monoisotopic (exact) mass is 315 g/mol. The van der Waals surface area contributed by atoms with E-state index in [4.69, 9.17) is 16.9 Å². The van der Waals surface area contributed by atoms with Crippen LogP contribution in [0.15, 0.2) is 22.7 Å². The topological polar surface area (TPSA) is 82.0 Å². The lowest BCUT2D eigenvalue weighted by Gasteiger charge is -2.06. The molecule has 1 aromatic rings. The van der Waals surface area contributed by atoms with Crippen molar-refractivity contribution < 1.29 is 9.59 Å². The van der Waals surface area contributed by atoms with Gasteiger partial charge in [0.1, 0.15) is 6.54 Å². The number of hydrogen-bond acceptors (Lipinski definition) is 3. The van der Waals surface area contributed by atoms with Gasteiger partial charge in [-0.2, -0.15) is 5.26 Å². The van der Waals surface area contributed by atoms with Crippen molar-refractivity contribution in [3.63, 3.8) is 0 Å². The maximum atomic E-state index is 11.4. The molecule has 88 valence electrons. The number of anilines is 1. The molecule has 0 spiro atoms. The van der Waals surface area contributed by atoms with Gasteiger partial charge in [0, 0.05) is 9.50 Å². The number of nitrogens with one attached hydrogen (secondary N) is 2. The Hall–Kier alpha value is -1.58. The fourth-order valence-electron chi connectivity index (χ4n) is 0.972. The minimum Gasteiger partial charge on any atom is -0.335 e. The summed E-state index contributed by atoms with van der Waals surface area (Å²) in [4.78, 5) is 22.6. The largest absolute Gasteiger partial charge is 0.335 e. The summed E-state index contributed by atoms with van der Waals surface area (Å²) >= 11 is 8.95. The predicted octanol–water partition coefficient (Wildman–Crippen LogP) is 1.68. The Morgan fingerprint density at radius 1 is 1.41 bits per heavy atom. The molecule has 0 aliphatic heterocycles. The predicted molar refractivity (Wildman–Crippen MR) is 66.4 cm³/mol. The molecule has 0 atom stereocenters. The number of nitrogens with zero attached hydrogens (tertiary/aromatic N) is 1. The molecule has 5 nitrogen and oxygen atoms in total. The lowest BCUT2D eigenvalue weighted by atomic mass is 10.3. The molecule has 0 fully saturated rings. The van der Waals surface area contributed by atoms with Crippen LogP contribution in [0.25, 0.3) is 0 Å². The molecule has 2 amide bonds. The van der Waals surface area contributed by atoms with Gasteiger partial charge in [-0.05, 0) is 34.1 Å². The van der Waals surface area contributed by atoms with Gasteiger partial charge in [-0.15, -0.1) is 0 Å². The Kier molecular flexibility index (Phi) is 4.94. The first-order valence-corrected chi connectivity index (χ1v) is 5.63. The van der Waals surface area contributed by atoms with Crippen LogP contribution in [0.5, 0.6) is 0 Å². The molecule has 0 bridgehead atoms. The van der Waals surface area contributed by atoms with Gasteiger partial charge >= 0.3 is 11.8 Å². The highest BCUT2D eigenvalue weighted by Crippen LogP contribution is 2.25. The summed E-state index contributed by atoms with van der Waals surface area (Å²) in [6.07, 6.45) is 0. The van der Waals surface area contributed by atoms with Crippen molar-refractivity contribution in [3.8, 4) is 6.07 Å². The van der Waals surface area contributed by atoms with Crippen LogP contribution < -0.4 is 10.6 Å². The summed E-state index contributed by atoms with van der Waals surface area (Å²) in [5.74, 6) is -1.73. The van der Waals surface area contributed by atoms with E-state index in [0.717, 1.165) is 0 Å². The standard InChI is InChI=1S/C10H7BrClN3O2/c11-7-2-1-6(12)5-8(7)15-10(17)9(16)14-4-3-13/h1-2,5H,4H2,(H,14,16)(H,15,17). The van der Waals surface area contributed by atoms with Crippen LogP contribution >= 0.6 is 27.5 Å². The van der Waals surface area contributed by atoms with Gasteiger partial charge in [0.15, 0.2) is 0 Å². The number of hydrogen-bond donors (Lipinski definition) is 2. The molecular weight excluding hydrogens is 309 g/mol. The zero-order chi connectivity index (χ0) is 12.8. The number of halogens is 2. The highest BCUT2D eigenvalue weighted by Gasteiger charge is 2.14. The molecule has 1 rings (SSSR count). The van der Waals surface area contributed by atoms with E-state index in [1.54, 1.807) is 18.2 Å². The van der Waals surface area contributed by atoms with E-state index < -0.39 is 11.8 Å². The van der Waals surface area contributed by atoms with Gasteiger partial charge in [0.25, 0.3) is 0 Å². The van der Waals surface area contributed by atoms with Gasteiger partial charge < -0.3 is 10.6 Å². The first-order chi connectivity index (χ1) is 8.04. The molecule has 0 heterocycles. The summed E-state index contributed by atoms with van der Waals surface area (Å²) in [5.41, 5.74) is 0.384. The van der Waals surface area contributed by atoms with Crippen molar-refractivity contribution in [1.29, 1.82) is 5.26 Å². The van der Waals surface area contributed by atoms with Crippen molar-refractivity contribution in [2.45, 2.75) is 0 Å². The molecule has 0 aromatic heterocycles. The quantitative estimate of drug-likeness (QED) is 0.643. The first kappa shape index (κ1) is 13.5. The lowest BCUT2D eigenvalue weighted by Crippen LogP contribution is -2.35. The summed E-state index contributed by atoms with van der Waals surface area (Å²) in [6, 6.07) is 6.48. The van der Waals surface area contributed by atoms with Crippen molar-refractivity contribution in [3.05, 3.63) is 27.7 Å². The molecule has 2 N–H and O–H groups in total. The van der Waals surface area contributed by atoms with Gasteiger partial charge in [-0.25, -0.2) is 0 Å². The summed E-state index contributed by atoms with van der Waals surface area (Å²) < 4.78 is 0.600. The second-order valence-corrected chi connectivity index (χ2v) is 4.21. The Balaban J connectivity index is 2.71. The Morgan fingerprint density at radius 2 is 2.12 bits per heavy atom. The highest BCUT2D eigenvalue weighted by atomic mass is 79.9. The van der Waals surface area contributed by atoms with E-state index in [1.807, 2.05) is 0 Å². The maximum absolute atomic E-state index is 11.4. The Bertz CT molecular complexity index is 499. The van der Waals surface area contributed by atoms with E-state index in [1.165, 1.54) is 6.07 Å². The number of nitriles is 1. The number of amides is 2. The van der Waals surface area contributed by atoms with Gasteiger partial charge in [0.2, 0.25) is 0 Å². The smallest absolute Gasteiger partial charge is 0.313 e. The number of rotatable bonds is 2. The second kappa shape index (κ2) is 6.23. The van der Waals surface area contributed by atoms with E-state index in [2.05, 4.69) is 26.6 Å². The van der Waals surface area contributed by atoms with Crippen LogP contribution in [0.4, 0.5) is 5.69 Å². The third-order valence-electron chi connectivity index (χ3n) is 1.71. The average Bonchev–Trinajstić information content (AvgIpc) is 2.30. The minimum atomic E-state index is -0.876. The molecule has 0 radical (unpaired) electrons. The molecule has 0 aliphatic rings. The normalized spacial score (nSPS) is 9.24. The molecule has 0 unspecified atom stereocenters. The van der Waals surface area contributed by atoms with Crippen molar-refractivity contribution in [2.75, 3.05) is 11.9 Å². The van der Waals surface area contributed by atoms with E-state index in [9.17, 15) is 9.59 Å². The SMILES string of the molecule is N#CCNC(=O)C(=O)Nc1cc(Cl)ccc1Br. The van der Waals surface area contributed by atoms with E-state index >= 15 is 0 Å². The van der Waals surface area contributed by atoms with Gasteiger partial charge in [0.05, 0.1) is 11.8 Å². The molecule has 7 heteroatoms. The number of carbonyl (C=O) groups is 2. The summed E-state index contributed by atoms with van der Waals surface area (Å²) in [6.45, 7) is -0.219. The average molecular weight is 317 g/mol. The zero-order valence-corrected chi connectivity index (χ0v) is 10.8. The minimum absolute atomic E-state index is 0.219. The highest BCUT2D eigenvalue weighted by molar-refractivity contribution is 9.10. The fourth-order valence-corrected chi connectivity index (χ4v) is 1.49. The van der Waals surface area contributed by atoms with E-state index in [-0.39, 0.29) is 6.54 Å². The molecule has 1 aromatic carbocycles. The van der Waals surface area contributed by atoms with Crippen LogP contribution in [0.3, 0.4) is 0 Å². The van der Waals surface area contributed by atoms with Gasteiger partial charge in [-0.1, -0.05) is 11.6 Å². The molecule has 17 heavy (non-hydrogen) atoms. The number of carbonyl (C=O) groups excluding carboxylic acids is 2. The second-order valence-electron chi connectivity index (χ2n) is 2.92. The molecule has 0 saturated carbocycles. The molecule has 0 aliphatic carbocycles. The summed E-state index contributed by atoms with van der Waals surface area (Å²) in [5, 5.41) is 13.2. The fraction of sp³-hybridized carbons (Fsp3) is 0.100. The van der Waals surface area contributed by atoms with Crippen LogP contribution in [0, 0.1) is 11.3 Å². The Morgan fingerprint density at radius 3 is 2.76 bits per heavy atom. The van der Waals surface area contributed by atoms with Gasteiger partial charge in [-0.3, -0.25) is 9.59 Å². The van der Waals surface area contributed by atoms with Crippen molar-refractivity contribution in [1.82, 2.24) is 5.32 Å². The maximum Gasteiger partial charge on any atom is 0.313 e. The van der Waals surface area contributed by atoms with Crippen LogP contribution in [-0.4, -0.2) is 18.4 Å².